The number of thiocarbonyl (C=S) groups is 1. The van der Waals surface area contributed by atoms with Gasteiger partial charge in [0.25, 0.3) is 5.91 Å². The summed E-state index contributed by atoms with van der Waals surface area (Å²) in [7, 11) is 0. The highest BCUT2D eigenvalue weighted by Crippen LogP contribution is 2.20. The van der Waals surface area contributed by atoms with E-state index >= 15 is 0 Å². The first-order valence-electron chi connectivity index (χ1n) is 7.41. The van der Waals surface area contributed by atoms with Crippen LogP contribution in [0.3, 0.4) is 0 Å². The van der Waals surface area contributed by atoms with Crippen LogP contribution in [0.25, 0.3) is 0 Å². The van der Waals surface area contributed by atoms with E-state index in [-0.39, 0.29) is 10.9 Å². The number of para-hydroxylation sites is 1. The number of benzene rings is 2. The predicted octanol–water partition coefficient (Wildman–Crippen LogP) is 3.57. The lowest BCUT2D eigenvalue weighted by Gasteiger charge is -2.17. The minimum Gasteiger partial charge on any atom is -0.478 e. The molecular weight excluding hydrogens is 365 g/mol. The number of carbonyl (C=O) groups is 1. The monoisotopic (exact) mass is 381 g/mol. The molecule has 0 heterocycles. The van der Waals surface area contributed by atoms with Gasteiger partial charge in [-0.05, 0) is 55.9 Å². The number of hydrogen-bond donors (Lipinski definition) is 3. The van der Waals surface area contributed by atoms with E-state index in [0.29, 0.717) is 10.7 Å². The van der Waals surface area contributed by atoms with Crippen molar-refractivity contribution in [3.05, 3.63) is 58.9 Å². The van der Waals surface area contributed by atoms with Gasteiger partial charge in [0.15, 0.2) is 22.8 Å². The molecule has 0 aliphatic rings. The Morgan fingerprint density at radius 3 is 2.64 bits per heavy atom. The fraction of sp³-hybridized carbons (Fsp3) is 0.176. The minimum atomic E-state index is -0.916. The highest BCUT2D eigenvalue weighted by molar-refractivity contribution is 7.80. The zero-order valence-corrected chi connectivity index (χ0v) is 15.2. The van der Waals surface area contributed by atoms with Crippen LogP contribution in [-0.2, 0) is 4.79 Å². The van der Waals surface area contributed by atoms with Gasteiger partial charge in [0, 0.05) is 10.7 Å². The van der Waals surface area contributed by atoms with Crippen LogP contribution < -0.4 is 20.9 Å². The van der Waals surface area contributed by atoms with Crippen molar-refractivity contribution in [2.75, 3.05) is 5.32 Å². The third-order valence-corrected chi connectivity index (χ3v) is 3.85. The topological polar surface area (TPSA) is 62.4 Å². The van der Waals surface area contributed by atoms with Crippen molar-refractivity contribution in [3.63, 3.8) is 0 Å². The molecule has 0 spiro atoms. The number of hydrazine groups is 1. The van der Waals surface area contributed by atoms with E-state index in [4.69, 9.17) is 28.6 Å². The third-order valence-electron chi connectivity index (χ3n) is 3.24. The van der Waals surface area contributed by atoms with Crippen LogP contribution >= 0.6 is 23.8 Å². The zero-order chi connectivity index (χ0) is 18.4. The Balaban J connectivity index is 1.83. The van der Waals surface area contributed by atoms with Crippen molar-refractivity contribution in [1.29, 1.82) is 0 Å². The second kappa shape index (κ2) is 8.64. The number of anilines is 1. The Hall–Kier alpha value is -2.38. The molecule has 0 aliphatic heterocycles. The van der Waals surface area contributed by atoms with Crippen LogP contribution in [0, 0.1) is 12.7 Å². The normalized spacial score (nSPS) is 11.4. The molecule has 0 aliphatic carbocycles. The molecule has 0 bridgehead atoms. The average molecular weight is 382 g/mol. The molecule has 2 rings (SSSR count). The number of carbonyl (C=O) groups excluding carboxylic acids is 1. The van der Waals surface area contributed by atoms with Crippen molar-refractivity contribution in [2.45, 2.75) is 20.0 Å². The van der Waals surface area contributed by atoms with Crippen LogP contribution in [0.2, 0.25) is 5.02 Å². The smallest absolute Gasteiger partial charge is 0.279 e. The van der Waals surface area contributed by atoms with Crippen molar-refractivity contribution in [3.8, 4) is 5.75 Å². The van der Waals surface area contributed by atoms with Gasteiger partial charge in [0.1, 0.15) is 0 Å². The number of aryl methyl sites for hydroxylation is 1. The summed E-state index contributed by atoms with van der Waals surface area (Å²) in [5.41, 5.74) is 6.57. The predicted molar refractivity (Wildman–Crippen MR) is 100 cm³/mol. The van der Waals surface area contributed by atoms with Gasteiger partial charge in [-0.1, -0.05) is 29.8 Å². The number of amides is 1. The fourth-order valence-corrected chi connectivity index (χ4v) is 2.19. The molecular formula is C17H17ClFN3O2S. The van der Waals surface area contributed by atoms with Gasteiger partial charge in [-0.25, -0.2) is 4.39 Å². The summed E-state index contributed by atoms with van der Waals surface area (Å²) >= 11 is 11.1. The van der Waals surface area contributed by atoms with Crippen molar-refractivity contribution < 1.29 is 13.9 Å². The quantitative estimate of drug-likeness (QED) is 0.558. The Morgan fingerprint density at radius 1 is 1.24 bits per heavy atom. The standard InChI is InChI=1S/C17H17ClFN3O2S/c1-10-7-8-12(9-13(10)18)20-17(25)22-21-16(23)11(2)24-15-6-4-3-5-14(15)19/h3-9,11H,1-2H3,(H,21,23)(H2,20,22,25)/t11-/m0/s1. The Kier molecular flexibility index (Phi) is 6.55. The summed E-state index contributed by atoms with van der Waals surface area (Å²) in [4.78, 5) is 12.0. The highest BCUT2D eigenvalue weighted by atomic mass is 35.5. The maximum atomic E-state index is 13.5. The van der Waals surface area contributed by atoms with E-state index in [1.165, 1.54) is 25.1 Å². The van der Waals surface area contributed by atoms with Gasteiger partial charge < -0.3 is 10.1 Å². The molecule has 2 aromatic rings. The molecule has 0 saturated heterocycles. The highest BCUT2D eigenvalue weighted by Gasteiger charge is 2.16. The van der Waals surface area contributed by atoms with Gasteiger partial charge in [0.2, 0.25) is 0 Å². The van der Waals surface area contributed by atoms with E-state index in [0.717, 1.165) is 5.56 Å². The molecule has 2 aromatic carbocycles. The summed E-state index contributed by atoms with van der Waals surface area (Å²) in [5.74, 6) is -1.04. The summed E-state index contributed by atoms with van der Waals surface area (Å²) < 4.78 is 18.8. The van der Waals surface area contributed by atoms with Gasteiger partial charge in [-0.2, -0.15) is 0 Å². The molecule has 0 saturated carbocycles. The Bertz CT molecular complexity index is 788. The first-order chi connectivity index (χ1) is 11.9. The maximum Gasteiger partial charge on any atom is 0.279 e. The first-order valence-corrected chi connectivity index (χ1v) is 8.19. The van der Waals surface area contributed by atoms with E-state index in [1.54, 1.807) is 18.2 Å². The number of halogens is 2. The van der Waals surface area contributed by atoms with Gasteiger partial charge in [-0.3, -0.25) is 15.6 Å². The number of rotatable bonds is 4. The molecule has 0 fully saturated rings. The largest absolute Gasteiger partial charge is 0.478 e. The summed E-state index contributed by atoms with van der Waals surface area (Å²) in [6, 6.07) is 11.2. The number of nitrogens with one attached hydrogen (secondary N) is 3. The summed E-state index contributed by atoms with van der Waals surface area (Å²) in [5, 5.41) is 3.66. The fourth-order valence-electron chi connectivity index (χ4n) is 1.84. The van der Waals surface area contributed by atoms with Crippen molar-refractivity contribution in [2.24, 2.45) is 0 Å². The molecule has 8 heteroatoms. The van der Waals surface area contributed by atoms with Crippen LogP contribution in [0.4, 0.5) is 10.1 Å². The van der Waals surface area contributed by atoms with E-state index in [1.807, 2.05) is 13.0 Å². The molecule has 5 nitrogen and oxygen atoms in total. The van der Waals surface area contributed by atoms with E-state index in [2.05, 4.69) is 16.2 Å². The second-order valence-corrected chi connectivity index (χ2v) is 6.04. The lowest BCUT2D eigenvalue weighted by atomic mass is 10.2. The number of hydrogen-bond acceptors (Lipinski definition) is 3. The van der Waals surface area contributed by atoms with Gasteiger partial charge in [0.05, 0.1) is 0 Å². The lowest BCUT2D eigenvalue weighted by Crippen LogP contribution is -2.48. The van der Waals surface area contributed by atoms with E-state index in [9.17, 15) is 9.18 Å². The minimum absolute atomic E-state index is 0.000138. The zero-order valence-electron chi connectivity index (χ0n) is 13.6. The van der Waals surface area contributed by atoms with Crippen LogP contribution in [0.15, 0.2) is 42.5 Å². The second-order valence-electron chi connectivity index (χ2n) is 5.22. The molecule has 0 unspecified atom stereocenters. The molecule has 1 atom stereocenters. The summed E-state index contributed by atoms with van der Waals surface area (Å²) in [6.45, 7) is 3.39. The first kappa shape index (κ1) is 19.0. The number of ether oxygens (including phenoxy) is 1. The molecule has 1 amide bonds. The van der Waals surface area contributed by atoms with Crippen molar-refractivity contribution in [1.82, 2.24) is 10.9 Å². The van der Waals surface area contributed by atoms with Crippen molar-refractivity contribution >= 4 is 40.5 Å². The van der Waals surface area contributed by atoms with E-state index < -0.39 is 17.8 Å². The lowest BCUT2D eigenvalue weighted by molar-refractivity contribution is -0.127. The maximum absolute atomic E-state index is 13.5. The molecule has 3 N–H and O–H groups in total. The van der Waals surface area contributed by atoms with Crippen LogP contribution in [0.5, 0.6) is 5.75 Å². The van der Waals surface area contributed by atoms with Gasteiger partial charge >= 0.3 is 0 Å². The third kappa shape index (κ3) is 5.58. The van der Waals surface area contributed by atoms with Gasteiger partial charge in [-0.15, -0.1) is 0 Å². The Morgan fingerprint density at radius 2 is 1.96 bits per heavy atom. The molecule has 132 valence electrons. The molecule has 0 radical (unpaired) electrons. The SMILES string of the molecule is Cc1ccc(NC(=S)NNC(=O)[C@H](C)Oc2ccccc2F)cc1Cl. The average Bonchev–Trinajstić information content (AvgIpc) is 2.58. The Labute approximate surface area is 155 Å². The molecule has 0 aromatic heterocycles. The molecule has 25 heavy (non-hydrogen) atoms. The van der Waals surface area contributed by atoms with Crippen LogP contribution in [0.1, 0.15) is 12.5 Å². The summed E-state index contributed by atoms with van der Waals surface area (Å²) in [6.07, 6.45) is -0.916. The van der Waals surface area contributed by atoms with Crippen LogP contribution in [-0.4, -0.2) is 17.1 Å².